The van der Waals surface area contributed by atoms with E-state index in [1.807, 2.05) is 0 Å². The maximum Gasteiger partial charge on any atom is 0.389 e. The molecule has 1 aromatic carbocycles. The van der Waals surface area contributed by atoms with E-state index in [1.165, 1.54) is 18.2 Å². The third-order valence-corrected chi connectivity index (χ3v) is 2.25. The zero-order chi connectivity index (χ0) is 15.2. The van der Waals surface area contributed by atoms with Crippen LogP contribution in [0.5, 0.6) is 0 Å². The highest BCUT2D eigenvalue weighted by atomic mass is 19.4. The molecule has 7 heteroatoms. The van der Waals surface area contributed by atoms with Gasteiger partial charge in [0.15, 0.2) is 0 Å². The number of carboxylic acid groups (broad SMARTS) is 1. The number of carboxylic acids is 1. The number of alkyl halides is 3. The number of nitrogens with one attached hydrogen (secondary N) is 1. The minimum absolute atomic E-state index is 0.352. The highest BCUT2D eigenvalue weighted by Gasteiger charge is 2.27. The Balaban J connectivity index is 2.53. The number of aliphatic carboxylic acids is 1. The molecule has 0 saturated heterocycles. The molecule has 0 aliphatic carbocycles. The number of carbonyl (C=O) groups excluding carboxylic acids is 1. The van der Waals surface area contributed by atoms with Gasteiger partial charge in [-0.3, -0.25) is 4.79 Å². The maximum atomic E-state index is 11.9. The molecule has 0 bridgehead atoms. The Kier molecular flexibility index (Phi) is 5.31. The van der Waals surface area contributed by atoms with Gasteiger partial charge in [0, 0.05) is 18.2 Å². The van der Waals surface area contributed by atoms with Gasteiger partial charge < -0.3 is 10.4 Å². The number of amides is 1. The second-order valence-electron chi connectivity index (χ2n) is 3.96. The second-order valence-corrected chi connectivity index (χ2v) is 3.96. The summed E-state index contributed by atoms with van der Waals surface area (Å²) in [5.41, 5.74) is 0.949. The highest BCUT2D eigenvalue weighted by Crippen LogP contribution is 2.21. The summed E-state index contributed by atoms with van der Waals surface area (Å²) >= 11 is 0. The first kappa shape index (κ1) is 15.7. The van der Waals surface area contributed by atoms with Crippen molar-refractivity contribution in [1.82, 2.24) is 0 Å². The van der Waals surface area contributed by atoms with Gasteiger partial charge in [-0.25, -0.2) is 4.79 Å². The van der Waals surface area contributed by atoms with Gasteiger partial charge in [0.05, 0.1) is 6.42 Å². The molecule has 0 aromatic heterocycles. The van der Waals surface area contributed by atoms with E-state index in [4.69, 9.17) is 5.11 Å². The Hall–Kier alpha value is -2.31. The lowest BCUT2D eigenvalue weighted by molar-refractivity contribution is -0.142. The molecule has 4 nitrogen and oxygen atoms in total. The van der Waals surface area contributed by atoms with E-state index in [1.54, 1.807) is 12.1 Å². The highest BCUT2D eigenvalue weighted by molar-refractivity contribution is 5.91. The first-order valence-corrected chi connectivity index (χ1v) is 5.64. The van der Waals surface area contributed by atoms with Crippen LogP contribution in [0.1, 0.15) is 18.4 Å². The van der Waals surface area contributed by atoms with Crippen LogP contribution < -0.4 is 5.32 Å². The Morgan fingerprint density at radius 1 is 1.20 bits per heavy atom. The number of carbonyl (C=O) groups is 2. The zero-order valence-electron chi connectivity index (χ0n) is 10.3. The molecule has 2 N–H and O–H groups in total. The molecule has 0 aliphatic heterocycles. The average molecular weight is 287 g/mol. The fourth-order valence-corrected chi connectivity index (χ4v) is 1.32. The van der Waals surface area contributed by atoms with Gasteiger partial charge in [-0.2, -0.15) is 13.2 Å². The quantitative estimate of drug-likeness (QED) is 0.818. The molecule has 0 atom stereocenters. The van der Waals surface area contributed by atoms with Gasteiger partial charge in [-0.05, 0) is 23.8 Å². The van der Waals surface area contributed by atoms with E-state index in [0.29, 0.717) is 11.3 Å². The molecule has 0 radical (unpaired) electrons. The molecule has 0 saturated carbocycles. The molecular weight excluding hydrogens is 275 g/mol. The van der Waals surface area contributed by atoms with E-state index in [9.17, 15) is 22.8 Å². The van der Waals surface area contributed by atoms with Crippen LogP contribution in [-0.4, -0.2) is 23.2 Å². The molecule has 1 amide bonds. The molecule has 0 aliphatic rings. The number of hydrogen-bond donors (Lipinski definition) is 2. The number of hydrogen-bond acceptors (Lipinski definition) is 2. The van der Waals surface area contributed by atoms with Crippen LogP contribution >= 0.6 is 0 Å². The first-order chi connectivity index (χ1) is 9.26. The average Bonchev–Trinajstić information content (AvgIpc) is 2.35. The van der Waals surface area contributed by atoms with Crippen LogP contribution in [0, 0.1) is 0 Å². The van der Waals surface area contributed by atoms with Crippen molar-refractivity contribution in [2.45, 2.75) is 19.0 Å². The minimum atomic E-state index is -4.36. The smallest absolute Gasteiger partial charge is 0.389 e. The monoisotopic (exact) mass is 287 g/mol. The predicted octanol–water partition coefficient (Wildman–Crippen LogP) is 3.07. The first-order valence-electron chi connectivity index (χ1n) is 5.64. The van der Waals surface area contributed by atoms with Crippen LogP contribution in [0.2, 0.25) is 0 Å². The van der Waals surface area contributed by atoms with Gasteiger partial charge in [0.25, 0.3) is 0 Å². The van der Waals surface area contributed by atoms with Crippen molar-refractivity contribution in [3.63, 3.8) is 0 Å². The van der Waals surface area contributed by atoms with Crippen molar-refractivity contribution in [3.8, 4) is 0 Å². The Bertz CT molecular complexity index is 507. The maximum absolute atomic E-state index is 11.9. The van der Waals surface area contributed by atoms with Gasteiger partial charge in [0.2, 0.25) is 5.91 Å². The predicted molar refractivity (Wildman–Crippen MR) is 67.0 cm³/mol. The number of rotatable bonds is 5. The summed E-state index contributed by atoms with van der Waals surface area (Å²) < 4.78 is 35.8. The summed E-state index contributed by atoms with van der Waals surface area (Å²) in [6, 6.07) is 6.04. The van der Waals surface area contributed by atoms with E-state index >= 15 is 0 Å². The van der Waals surface area contributed by atoms with Crippen molar-refractivity contribution in [2.24, 2.45) is 0 Å². The normalized spacial score (nSPS) is 11.6. The van der Waals surface area contributed by atoms with Crippen LogP contribution in [0.3, 0.4) is 0 Å². The van der Waals surface area contributed by atoms with E-state index in [2.05, 4.69) is 5.32 Å². The van der Waals surface area contributed by atoms with E-state index < -0.39 is 30.9 Å². The van der Waals surface area contributed by atoms with Gasteiger partial charge in [-0.1, -0.05) is 12.1 Å². The molecule has 0 heterocycles. The van der Waals surface area contributed by atoms with Crippen molar-refractivity contribution in [2.75, 3.05) is 5.32 Å². The van der Waals surface area contributed by atoms with Crippen LogP contribution in [0.15, 0.2) is 30.3 Å². The topological polar surface area (TPSA) is 66.4 Å². The largest absolute Gasteiger partial charge is 0.478 e. The van der Waals surface area contributed by atoms with E-state index in [-0.39, 0.29) is 0 Å². The SMILES string of the molecule is O=C(O)C=Cc1ccc(NC(=O)CCC(F)(F)F)cc1. The second kappa shape index (κ2) is 6.74. The molecule has 108 valence electrons. The number of halogens is 3. The minimum Gasteiger partial charge on any atom is -0.478 e. The lowest BCUT2D eigenvalue weighted by Crippen LogP contribution is -2.16. The van der Waals surface area contributed by atoms with Gasteiger partial charge in [-0.15, -0.1) is 0 Å². The molecule has 1 rings (SSSR count). The van der Waals surface area contributed by atoms with Crippen LogP contribution in [0.4, 0.5) is 18.9 Å². The summed E-state index contributed by atoms with van der Waals surface area (Å²) in [4.78, 5) is 21.6. The molecule has 0 spiro atoms. The summed E-state index contributed by atoms with van der Waals surface area (Å²) in [6.07, 6.45) is -3.85. The summed E-state index contributed by atoms with van der Waals surface area (Å²) in [7, 11) is 0. The Morgan fingerprint density at radius 2 is 1.80 bits per heavy atom. The van der Waals surface area contributed by atoms with Crippen molar-refractivity contribution >= 4 is 23.6 Å². The van der Waals surface area contributed by atoms with Crippen molar-refractivity contribution in [3.05, 3.63) is 35.9 Å². The molecule has 20 heavy (non-hydrogen) atoms. The molecular formula is C13H12F3NO3. The zero-order valence-corrected chi connectivity index (χ0v) is 10.3. The lowest BCUT2D eigenvalue weighted by Gasteiger charge is -2.07. The fraction of sp³-hybridized carbons (Fsp3) is 0.231. The Labute approximate surface area is 112 Å². The third-order valence-electron chi connectivity index (χ3n) is 2.25. The summed E-state index contributed by atoms with van der Waals surface area (Å²) in [6.45, 7) is 0. The van der Waals surface area contributed by atoms with Gasteiger partial charge >= 0.3 is 12.1 Å². The summed E-state index contributed by atoms with van der Waals surface area (Å²) in [5.74, 6) is -1.81. The summed E-state index contributed by atoms with van der Waals surface area (Å²) in [5, 5.41) is 10.8. The van der Waals surface area contributed by atoms with Crippen LogP contribution in [-0.2, 0) is 9.59 Å². The number of benzene rings is 1. The van der Waals surface area contributed by atoms with Crippen LogP contribution in [0.25, 0.3) is 6.08 Å². The van der Waals surface area contributed by atoms with E-state index in [0.717, 1.165) is 6.08 Å². The fourth-order valence-electron chi connectivity index (χ4n) is 1.32. The molecule has 0 unspecified atom stereocenters. The van der Waals surface area contributed by atoms with Crippen molar-refractivity contribution in [1.29, 1.82) is 0 Å². The Morgan fingerprint density at radius 3 is 2.30 bits per heavy atom. The van der Waals surface area contributed by atoms with Gasteiger partial charge in [0.1, 0.15) is 0 Å². The number of anilines is 1. The molecule has 1 aromatic rings. The standard InChI is InChI=1S/C13H12F3NO3/c14-13(15,16)8-7-11(18)17-10-4-1-9(2-5-10)3-6-12(19)20/h1-6H,7-8H2,(H,17,18)(H,19,20). The van der Waals surface area contributed by atoms with Crippen molar-refractivity contribution < 1.29 is 27.9 Å². The lowest BCUT2D eigenvalue weighted by atomic mass is 10.2. The third kappa shape index (κ3) is 6.58. The molecule has 0 fully saturated rings.